The molecule has 0 radical (unpaired) electrons. The first-order valence-electron chi connectivity index (χ1n) is 12.9. The van der Waals surface area contributed by atoms with Gasteiger partial charge in [0.25, 0.3) is 0 Å². The fraction of sp³-hybridized carbons (Fsp3) is 0.577. The number of carbonyl (C=O) groups excluding carboxylic acids is 2. The minimum absolute atomic E-state index is 0.0599. The number of likely N-dealkylation sites (tertiary alicyclic amines) is 1. The minimum atomic E-state index is -0.919. The van der Waals surface area contributed by atoms with Gasteiger partial charge in [0.05, 0.1) is 24.1 Å². The number of halogens is 1. The summed E-state index contributed by atoms with van der Waals surface area (Å²) < 4.78 is 7.80. The molecule has 3 atom stereocenters. The first-order valence-corrected chi connectivity index (χ1v) is 13.3. The van der Waals surface area contributed by atoms with Crippen molar-refractivity contribution in [2.75, 3.05) is 19.6 Å². The number of carboxylic acid groups (broad SMARTS) is 1. The van der Waals surface area contributed by atoms with E-state index in [1.54, 1.807) is 39.9 Å². The summed E-state index contributed by atoms with van der Waals surface area (Å²) in [5.41, 5.74) is 2.35. The molecule has 1 N–H and O–H groups in total. The summed E-state index contributed by atoms with van der Waals surface area (Å²) in [6.07, 6.45) is 6.27. The van der Waals surface area contributed by atoms with Crippen molar-refractivity contribution in [3.05, 3.63) is 40.2 Å². The molecular weight excluding hydrogens is 498 g/mol. The Morgan fingerprint density at radius 3 is 2.59 bits per heavy atom. The highest BCUT2D eigenvalue weighted by Gasteiger charge is 2.43. The van der Waals surface area contributed by atoms with Crippen molar-refractivity contribution in [1.82, 2.24) is 24.8 Å². The van der Waals surface area contributed by atoms with Crippen LogP contribution in [0.2, 0.25) is 5.02 Å². The Morgan fingerprint density at radius 1 is 1.14 bits per heavy atom. The highest BCUT2D eigenvalue weighted by Crippen LogP contribution is 2.43. The number of aryl methyl sites for hydroxylation is 1. The van der Waals surface area contributed by atoms with Gasteiger partial charge in [0, 0.05) is 43.7 Å². The third kappa shape index (κ3) is 5.16. The van der Waals surface area contributed by atoms with Gasteiger partial charge >= 0.3 is 5.97 Å². The van der Waals surface area contributed by atoms with Gasteiger partial charge in [0.2, 0.25) is 11.8 Å². The number of hydrogen-bond acceptors (Lipinski definition) is 6. The van der Waals surface area contributed by atoms with E-state index in [0.717, 1.165) is 30.4 Å². The summed E-state index contributed by atoms with van der Waals surface area (Å²) in [5.74, 6) is -1.70. The van der Waals surface area contributed by atoms with Crippen molar-refractivity contribution >= 4 is 29.4 Å². The Kier molecular flexibility index (Phi) is 7.37. The van der Waals surface area contributed by atoms with Crippen LogP contribution in [-0.4, -0.2) is 67.3 Å². The average Bonchev–Trinajstić information content (AvgIpc) is 3.50. The lowest BCUT2D eigenvalue weighted by Gasteiger charge is -2.43. The van der Waals surface area contributed by atoms with Crippen LogP contribution in [0.1, 0.15) is 61.4 Å². The van der Waals surface area contributed by atoms with E-state index in [9.17, 15) is 19.5 Å². The maximum atomic E-state index is 14.0. The second-order valence-corrected chi connectivity index (χ2v) is 10.6. The Hall–Kier alpha value is -3.14. The summed E-state index contributed by atoms with van der Waals surface area (Å²) in [4.78, 5) is 42.2. The van der Waals surface area contributed by atoms with Crippen LogP contribution >= 0.6 is 11.6 Å². The monoisotopic (exact) mass is 529 g/mol. The first-order chi connectivity index (χ1) is 17.8. The molecule has 1 aliphatic carbocycles. The lowest BCUT2D eigenvalue weighted by atomic mass is 9.77. The van der Waals surface area contributed by atoms with Crippen molar-refractivity contribution in [3.63, 3.8) is 0 Å². The molecule has 198 valence electrons. The van der Waals surface area contributed by atoms with Gasteiger partial charge < -0.3 is 19.6 Å². The largest absolute Gasteiger partial charge is 0.487 e. The topological polar surface area (TPSA) is 118 Å². The summed E-state index contributed by atoms with van der Waals surface area (Å²) in [6, 6.07) is 3.11. The van der Waals surface area contributed by atoms with Crippen molar-refractivity contribution in [1.29, 1.82) is 0 Å². The molecule has 1 saturated carbocycles. The molecule has 1 aromatic heterocycles. The zero-order valence-electron chi connectivity index (χ0n) is 20.9. The molecule has 2 aliphatic heterocycles. The van der Waals surface area contributed by atoms with E-state index in [0.29, 0.717) is 61.8 Å². The SMILES string of the molecule is Cn1cc(COc2ccc(Cl)c3c2C(CN2CCCC2=O)N(C(=O)[C@@H]2CCCC[C@@H]2C(=O)O)CC3)nn1. The molecule has 5 rings (SSSR count). The third-order valence-corrected chi connectivity index (χ3v) is 8.20. The molecule has 2 aromatic rings. The number of benzene rings is 1. The van der Waals surface area contributed by atoms with Gasteiger partial charge in [-0.3, -0.25) is 19.1 Å². The van der Waals surface area contributed by atoms with Gasteiger partial charge in [0.15, 0.2) is 0 Å². The highest BCUT2D eigenvalue weighted by atomic mass is 35.5. The van der Waals surface area contributed by atoms with Gasteiger partial charge in [-0.2, -0.15) is 0 Å². The van der Waals surface area contributed by atoms with Crippen LogP contribution in [0.3, 0.4) is 0 Å². The minimum Gasteiger partial charge on any atom is -0.487 e. The summed E-state index contributed by atoms with van der Waals surface area (Å²) in [5, 5.41) is 18.5. The quantitative estimate of drug-likeness (QED) is 0.585. The lowest BCUT2D eigenvalue weighted by molar-refractivity contribution is -0.154. The van der Waals surface area contributed by atoms with Crippen molar-refractivity contribution in [2.45, 2.75) is 57.6 Å². The van der Waals surface area contributed by atoms with Crippen LogP contribution in [0.15, 0.2) is 18.3 Å². The van der Waals surface area contributed by atoms with E-state index in [-0.39, 0.29) is 18.4 Å². The molecule has 1 aromatic carbocycles. The number of carboxylic acids is 1. The summed E-state index contributed by atoms with van der Waals surface area (Å²) >= 11 is 6.64. The van der Waals surface area contributed by atoms with E-state index in [1.807, 2.05) is 0 Å². The standard InChI is InChI=1S/C26H32ClN5O5/c1-30-13-16(28-29-30)15-37-22-9-8-20(27)19-10-12-32(21(24(19)22)14-31-11-4-7-23(31)33)25(34)17-5-2-3-6-18(17)26(35)36/h8-9,13,17-18,21H,2-7,10-12,14-15H2,1H3,(H,35,36)/t17-,18+,21?/m1/s1. The van der Waals surface area contributed by atoms with Crippen LogP contribution < -0.4 is 4.74 Å². The van der Waals surface area contributed by atoms with Crippen LogP contribution in [-0.2, 0) is 34.5 Å². The molecule has 3 aliphatic rings. The number of hydrogen-bond donors (Lipinski definition) is 1. The summed E-state index contributed by atoms with van der Waals surface area (Å²) in [7, 11) is 1.78. The first kappa shape index (κ1) is 25.5. The lowest BCUT2D eigenvalue weighted by Crippen LogP contribution is -2.50. The predicted molar refractivity (Wildman–Crippen MR) is 134 cm³/mol. The number of nitrogens with zero attached hydrogens (tertiary/aromatic N) is 5. The normalized spacial score (nSPS) is 23.7. The maximum absolute atomic E-state index is 14.0. The van der Waals surface area contributed by atoms with Gasteiger partial charge in [-0.1, -0.05) is 29.7 Å². The Balaban J connectivity index is 1.51. The number of aliphatic carboxylic acids is 1. The zero-order chi connectivity index (χ0) is 26.1. The number of carbonyl (C=O) groups is 3. The van der Waals surface area contributed by atoms with E-state index in [2.05, 4.69) is 10.3 Å². The van der Waals surface area contributed by atoms with Gasteiger partial charge in [0.1, 0.15) is 18.1 Å². The van der Waals surface area contributed by atoms with Crippen molar-refractivity contribution in [2.24, 2.45) is 18.9 Å². The zero-order valence-corrected chi connectivity index (χ0v) is 21.7. The average molecular weight is 530 g/mol. The van der Waals surface area contributed by atoms with Crippen molar-refractivity contribution in [3.8, 4) is 5.75 Å². The van der Waals surface area contributed by atoms with Crippen molar-refractivity contribution < 1.29 is 24.2 Å². The molecule has 2 fully saturated rings. The highest BCUT2D eigenvalue weighted by molar-refractivity contribution is 6.31. The molecule has 0 spiro atoms. The maximum Gasteiger partial charge on any atom is 0.307 e. The fourth-order valence-electron chi connectivity index (χ4n) is 6.01. The molecule has 0 bridgehead atoms. The van der Waals surface area contributed by atoms with E-state index in [1.165, 1.54) is 0 Å². The molecule has 1 saturated heterocycles. The van der Waals surface area contributed by atoms with Gasteiger partial charge in [-0.15, -0.1) is 5.10 Å². The Labute approximate surface area is 220 Å². The molecule has 3 heterocycles. The molecular formula is C26H32ClN5O5. The number of amides is 2. The van der Waals surface area contributed by atoms with Crippen LogP contribution in [0.25, 0.3) is 0 Å². The van der Waals surface area contributed by atoms with E-state index in [4.69, 9.17) is 16.3 Å². The number of ether oxygens (including phenoxy) is 1. The van der Waals surface area contributed by atoms with Gasteiger partial charge in [-0.25, -0.2) is 0 Å². The molecule has 10 nitrogen and oxygen atoms in total. The van der Waals surface area contributed by atoms with Crippen LogP contribution in [0.4, 0.5) is 0 Å². The van der Waals surface area contributed by atoms with E-state index < -0.39 is 23.8 Å². The Bertz CT molecular complexity index is 1200. The molecule has 1 unspecified atom stereocenters. The van der Waals surface area contributed by atoms with Crippen LogP contribution in [0.5, 0.6) is 5.75 Å². The molecule has 11 heteroatoms. The van der Waals surface area contributed by atoms with Crippen LogP contribution in [0, 0.1) is 11.8 Å². The smallest absolute Gasteiger partial charge is 0.307 e. The Morgan fingerprint density at radius 2 is 1.92 bits per heavy atom. The van der Waals surface area contributed by atoms with E-state index >= 15 is 0 Å². The van der Waals surface area contributed by atoms with Gasteiger partial charge in [-0.05, 0) is 43.4 Å². The summed E-state index contributed by atoms with van der Waals surface area (Å²) in [6.45, 7) is 1.55. The predicted octanol–water partition coefficient (Wildman–Crippen LogP) is 2.99. The second-order valence-electron chi connectivity index (χ2n) is 10.2. The molecule has 2 amide bonds. The number of aromatic nitrogens is 3. The third-order valence-electron chi connectivity index (χ3n) is 7.85. The second kappa shape index (κ2) is 10.7. The number of fused-ring (bicyclic) bond motifs is 1. The fourth-order valence-corrected chi connectivity index (χ4v) is 6.27. The number of rotatable bonds is 7. The molecule has 37 heavy (non-hydrogen) atoms.